The van der Waals surface area contributed by atoms with Crippen molar-refractivity contribution in [2.45, 2.75) is 6.92 Å². The fraction of sp³-hybridized carbons (Fsp3) is 0.400. The Labute approximate surface area is 122 Å². The number of carbonyl (C=O) groups is 1. The molecular formula is C15H17N3O3. The van der Waals surface area contributed by atoms with E-state index in [-0.39, 0.29) is 5.69 Å². The van der Waals surface area contributed by atoms with Crippen LogP contribution in [0.5, 0.6) is 0 Å². The normalized spacial score (nSPS) is 15.2. The summed E-state index contributed by atoms with van der Waals surface area (Å²) in [5.41, 5.74) is 0.268. The number of nitrogens with zero attached hydrogens (tertiary/aromatic N) is 3. The molecule has 0 saturated carbocycles. The zero-order valence-electron chi connectivity index (χ0n) is 11.9. The molecular weight excluding hydrogens is 270 g/mol. The van der Waals surface area contributed by atoms with Crippen LogP contribution in [0.4, 0.5) is 5.82 Å². The molecule has 21 heavy (non-hydrogen) atoms. The minimum Gasteiger partial charge on any atom is -0.461 e. The molecule has 3 rings (SSSR count). The predicted molar refractivity (Wildman–Crippen MR) is 78.5 cm³/mol. The quantitative estimate of drug-likeness (QED) is 0.800. The van der Waals surface area contributed by atoms with Crippen LogP contribution < -0.4 is 4.90 Å². The van der Waals surface area contributed by atoms with Gasteiger partial charge in [-0.25, -0.2) is 4.79 Å². The number of anilines is 1. The summed E-state index contributed by atoms with van der Waals surface area (Å²) >= 11 is 0. The number of ether oxygens (including phenoxy) is 2. The highest BCUT2D eigenvalue weighted by Crippen LogP contribution is 2.26. The summed E-state index contributed by atoms with van der Waals surface area (Å²) in [6.07, 6.45) is 0. The number of morpholine rings is 1. The van der Waals surface area contributed by atoms with Crippen molar-refractivity contribution < 1.29 is 14.3 Å². The second-order valence-corrected chi connectivity index (χ2v) is 4.74. The van der Waals surface area contributed by atoms with E-state index < -0.39 is 5.97 Å². The summed E-state index contributed by atoms with van der Waals surface area (Å²) in [7, 11) is 0. The molecule has 1 aromatic heterocycles. The number of hydrogen-bond acceptors (Lipinski definition) is 6. The Morgan fingerprint density at radius 1 is 1.24 bits per heavy atom. The number of esters is 1. The van der Waals surface area contributed by atoms with Gasteiger partial charge in [0.25, 0.3) is 0 Å². The first-order valence-corrected chi connectivity index (χ1v) is 7.06. The fourth-order valence-corrected chi connectivity index (χ4v) is 2.45. The largest absolute Gasteiger partial charge is 0.461 e. The van der Waals surface area contributed by atoms with Gasteiger partial charge < -0.3 is 14.4 Å². The van der Waals surface area contributed by atoms with E-state index >= 15 is 0 Å². The van der Waals surface area contributed by atoms with Gasteiger partial charge in [0.2, 0.25) is 0 Å². The topological polar surface area (TPSA) is 64.5 Å². The van der Waals surface area contributed by atoms with Gasteiger partial charge >= 0.3 is 5.97 Å². The molecule has 0 bridgehead atoms. The minimum absolute atomic E-state index is 0.268. The first-order chi connectivity index (χ1) is 10.3. The van der Waals surface area contributed by atoms with Gasteiger partial charge in [-0.2, -0.15) is 0 Å². The van der Waals surface area contributed by atoms with Gasteiger partial charge in [-0.1, -0.05) is 24.3 Å². The van der Waals surface area contributed by atoms with E-state index in [0.717, 1.165) is 29.7 Å². The third-order valence-electron chi connectivity index (χ3n) is 3.45. The van der Waals surface area contributed by atoms with Crippen molar-refractivity contribution in [2.24, 2.45) is 0 Å². The lowest BCUT2D eigenvalue weighted by atomic mass is 10.1. The van der Waals surface area contributed by atoms with Crippen molar-refractivity contribution in [2.75, 3.05) is 37.8 Å². The van der Waals surface area contributed by atoms with Crippen molar-refractivity contribution in [3.05, 3.63) is 30.0 Å². The Hall–Kier alpha value is -2.21. The Kier molecular flexibility index (Phi) is 3.96. The monoisotopic (exact) mass is 287 g/mol. The van der Waals surface area contributed by atoms with Gasteiger partial charge in [0.15, 0.2) is 11.5 Å². The van der Waals surface area contributed by atoms with Gasteiger partial charge in [-0.3, -0.25) is 0 Å². The number of aromatic nitrogens is 2. The summed E-state index contributed by atoms with van der Waals surface area (Å²) in [5, 5.41) is 10.0. The number of benzene rings is 1. The maximum atomic E-state index is 12.0. The molecule has 0 aliphatic carbocycles. The molecule has 0 atom stereocenters. The minimum atomic E-state index is -0.435. The molecule has 0 unspecified atom stereocenters. The number of carbonyl (C=O) groups excluding carboxylic acids is 1. The molecule has 0 spiro atoms. The van der Waals surface area contributed by atoms with Gasteiger partial charge in [-0.15, -0.1) is 10.2 Å². The molecule has 0 amide bonds. The van der Waals surface area contributed by atoms with E-state index in [1.54, 1.807) is 6.92 Å². The van der Waals surface area contributed by atoms with Gasteiger partial charge in [0.1, 0.15) is 0 Å². The lowest BCUT2D eigenvalue weighted by molar-refractivity contribution is 0.0520. The van der Waals surface area contributed by atoms with E-state index in [1.165, 1.54) is 0 Å². The van der Waals surface area contributed by atoms with Crippen molar-refractivity contribution in [1.29, 1.82) is 0 Å². The van der Waals surface area contributed by atoms with E-state index in [0.29, 0.717) is 19.8 Å². The molecule has 110 valence electrons. The van der Waals surface area contributed by atoms with Gasteiger partial charge in [0, 0.05) is 23.9 Å². The summed E-state index contributed by atoms with van der Waals surface area (Å²) < 4.78 is 10.4. The second kappa shape index (κ2) is 6.05. The van der Waals surface area contributed by atoms with Crippen LogP contribution in [0.1, 0.15) is 17.4 Å². The molecule has 6 nitrogen and oxygen atoms in total. The second-order valence-electron chi connectivity index (χ2n) is 4.74. The van der Waals surface area contributed by atoms with Gasteiger partial charge in [-0.05, 0) is 6.92 Å². The first-order valence-electron chi connectivity index (χ1n) is 7.06. The molecule has 1 saturated heterocycles. The third-order valence-corrected chi connectivity index (χ3v) is 3.45. The standard InChI is InChI=1S/C15H17N3O3/c1-2-21-15(19)13-11-5-3-4-6-12(11)14(17-16-13)18-7-9-20-10-8-18/h3-6H,2,7-10H2,1H3. The van der Waals surface area contributed by atoms with E-state index in [2.05, 4.69) is 15.1 Å². The zero-order chi connectivity index (χ0) is 14.7. The van der Waals surface area contributed by atoms with Crippen LogP contribution >= 0.6 is 0 Å². The highest BCUT2D eigenvalue weighted by molar-refractivity contribution is 6.05. The number of fused-ring (bicyclic) bond motifs is 1. The zero-order valence-corrected chi connectivity index (χ0v) is 11.9. The molecule has 1 aliphatic rings. The molecule has 1 aliphatic heterocycles. The van der Waals surface area contributed by atoms with Crippen LogP contribution in [-0.4, -0.2) is 49.1 Å². The maximum absolute atomic E-state index is 12.0. The van der Waals surface area contributed by atoms with Crippen LogP contribution in [0.3, 0.4) is 0 Å². The summed E-state index contributed by atoms with van der Waals surface area (Å²) in [5.74, 6) is 0.358. The van der Waals surface area contributed by atoms with Crippen molar-refractivity contribution >= 4 is 22.6 Å². The molecule has 2 aromatic rings. The molecule has 1 fully saturated rings. The maximum Gasteiger partial charge on any atom is 0.359 e. The van der Waals surface area contributed by atoms with E-state index in [1.807, 2.05) is 24.3 Å². The smallest absolute Gasteiger partial charge is 0.359 e. The summed E-state index contributed by atoms with van der Waals surface area (Å²) in [6, 6.07) is 7.65. The van der Waals surface area contributed by atoms with Crippen molar-refractivity contribution in [3.63, 3.8) is 0 Å². The van der Waals surface area contributed by atoms with E-state index in [9.17, 15) is 4.79 Å². The molecule has 6 heteroatoms. The highest BCUT2D eigenvalue weighted by atomic mass is 16.5. The Morgan fingerprint density at radius 2 is 1.95 bits per heavy atom. The van der Waals surface area contributed by atoms with E-state index in [4.69, 9.17) is 9.47 Å². The third kappa shape index (κ3) is 2.67. The summed E-state index contributed by atoms with van der Waals surface area (Å²) in [6.45, 7) is 5.00. The highest BCUT2D eigenvalue weighted by Gasteiger charge is 2.20. The van der Waals surface area contributed by atoms with Crippen molar-refractivity contribution in [1.82, 2.24) is 10.2 Å². The first kappa shape index (κ1) is 13.8. The SMILES string of the molecule is CCOC(=O)c1nnc(N2CCOCC2)c2ccccc12. The number of rotatable bonds is 3. The van der Waals surface area contributed by atoms with Crippen LogP contribution in [0.2, 0.25) is 0 Å². The molecule has 0 N–H and O–H groups in total. The molecule has 0 radical (unpaired) electrons. The predicted octanol–water partition coefficient (Wildman–Crippen LogP) is 1.64. The van der Waals surface area contributed by atoms with Gasteiger partial charge in [0.05, 0.1) is 19.8 Å². The van der Waals surface area contributed by atoms with Crippen LogP contribution in [0.15, 0.2) is 24.3 Å². The number of hydrogen-bond donors (Lipinski definition) is 0. The van der Waals surface area contributed by atoms with Crippen LogP contribution in [0.25, 0.3) is 10.8 Å². The Balaban J connectivity index is 2.07. The molecule has 1 aromatic carbocycles. The van der Waals surface area contributed by atoms with Crippen molar-refractivity contribution in [3.8, 4) is 0 Å². The Bertz CT molecular complexity index is 654. The summed E-state index contributed by atoms with van der Waals surface area (Å²) in [4.78, 5) is 14.1. The average Bonchev–Trinajstić information content (AvgIpc) is 2.55. The lowest BCUT2D eigenvalue weighted by Gasteiger charge is -2.28. The van der Waals surface area contributed by atoms with Crippen LogP contribution in [0, 0.1) is 0 Å². The Morgan fingerprint density at radius 3 is 2.67 bits per heavy atom. The van der Waals surface area contributed by atoms with Crippen LogP contribution in [-0.2, 0) is 9.47 Å². The molecule has 2 heterocycles. The average molecular weight is 287 g/mol. The fourth-order valence-electron chi connectivity index (χ4n) is 2.45. The lowest BCUT2D eigenvalue weighted by Crippen LogP contribution is -2.37.